The zero-order valence-electron chi connectivity index (χ0n) is 13.5. The Morgan fingerprint density at radius 3 is 1.44 bits per heavy atom. The largest absolute Gasteiger partial charge is 0.115 e. The molecule has 0 heterocycles. The van der Waals surface area contributed by atoms with Crippen LogP contribution < -0.4 is 5.19 Å². The van der Waals surface area contributed by atoms with Crippen molar-refractivity contribution < 1.29 is 0 Å². The number of benzene rings is 5. The highest BCUT2D eigenvalue weighted by atomic mass is 28.1. The molecule has 0 nitrogen and oxygen atoms in total. The van der Waals surface area contributed by atoms with Gasteiger partial charge in [0.15, 0.2) is 0 Å². The third-order valence-electron chi connectivity index (χ3n) is 4.91. The Labute approximate surface area is 149 Å². The molecule has 0 bridgehead atoms. The van der Waals surface area contributed by atoms with Gasteiger partial charge in [0.05, 0.1) is 10.2 Å². The molecule has 0 saturated heterocycles. The average molecular weight is 329 g/mol. The molecule has 0 aliphatic rings. The molecule has 5 rings (SSSR count). The van der Waals surface area contributed by atoms with E-state index in [4.69, 9.17) is 6.42 Å². The molecule has 5 aromatic carbocycles. The second kappa shape index (κ2) is 5.21. The van der Waals surface area contributed by atoms with E-state index >= 15 is 0 Å². The van der Waals surface area contributed by atoms with Crippen LogP contribution in [-0.2, 0) is 0 Å². The molecule has 1 heteroatoms. The maximum atomic E-state index is 5.60. The van der Waals surface area contributed by atoms with E-state index in [-0.39, 0.29) is 0 Å². The first-order valence-electron chi connectivity index (χ1n) is 8.23. The number of fused-ring (bicyclic) bond motifs is 4. The van der Waals surface area contributed by atoms with E-state index in [9.17, 15) is 0 Å². The first-order chi connectivity index (χ1) is 12.2. The van der Waals surface area contributed by atoms with Crippen LogP contribution in [0.5, 0.6) is 0 Å². The summed E-state index contributed by atoms with van der Waals surface area (Å²) < 4.78 is 0. The van der Waals surface area contributed by atoms with Crippen LogP contribution in [0.2, 0.25) is 0 Å². The van der Waals surface area contributed by atoms with Crippen molar-refractivity contribution >= 4 is 58.5 Å². The van der Waals surface area contributed by atoms with Crippen molar-refractivity contribution in [3.63, 3.8) is 0 Å². The molecule has 113 valence electrons. The predicted molar refractivity (Wildman–Crippen MR) is 110 cm³/mol. The quantitative estimate of drug-likeness (QED) is 0.211. The van der Waals surface area contributed by atoms with Crippen LogP contribution in [0.25, 0.3) is 43.1 Å². The lowest BCUT2D eigenvalue weighted by Gasteiger charge is -2.08. The maximum absolute atomic E-state index is 5.60. The zero-order chi connectivity index (χ0) is 17.0. The Morgan fingerprint density at radius 1 is 0.560 bits per heavy atom. The average Bonchev–Trinajstić information content (AvgIpc) is 2.62. The van der Waals surface area contributed by atoms with Gasteiger partial charge in [0.2, 0.25) is 0 Å². The van der Waals surface area contributed by atoms with Crippen LogP contribution in [0.4, 0.5) is 0 Å². The topological polar surface area (TPSA) is 0 Å². The molecule has 0 N–H and O–H groups in total. The van der Waals surface area contributed by atoms with Crippen molar-refractivity contribution in [2.45, 2.75) is 0 Å². The SMILES string of the molecule is C#Cc1cc2cc3cc4cc5ccccc5cc4cc3cc2cc1[Si]. The van der Waals surface area contributed by atoms with Gasteiger partial charge in [-0.15, -0.1) is 6.42 Å². The van der Waals surface area contributed by atoms with E-state index in [2.05, 4.69) is 89.0 Å². The summed E-state index contributed by atoms with van der Waals surface area (Å²) in [4.78, 5) is 0. The Bertz CT molecular complexity index is 1350. The van der Waals surface area contributed by atoms with Crippen molar-refractivity contribution in [2.75, 3.05) is 0 Å². The third kappa shape index (κ3) is 2.23. The fourth-order valence-electron chi connectivity index (χ4n) is 3.61. The smallest absolute Gasteiger partial charge is 0.0729 e. The number of hydrogen-bond donors (Lipinski definition) is 0. The van der Waals surface area contributed by atoms with Crippen molar-refractivity contribution in [1.82, 2.24) is 0 Å². The molecular weight excluding hydrogens is 316 g/mol. The molecule has 0 fully saturated rings. The van der Waals surface area contributed by atoms with E-state index in [1.807, 2.05) is 0 Å². The monoisotopic (exact) mass is 329 g/mol. The van der Waals surface area contributed by atoms with Gasteiger partial charge < -0.3 is 0 Å². The van der Waals surface area contributed by atoms with Gasteiger partial charge in [0.25, 0.3) is 0 Å². The summed E-state index contributed by atoms with van der Waals surface area (Å²) >= 11 is 0. The number of hydrogen-bond acceptors (Lipinski definition) is 0. The van der Waals surface area contributed by atoms with E-state index in [0.29, 0.717) is 0 Å². The summed E-state index contributed by atoms with van der Waals surface area (Å²) in [5.74, 6) is 2.74. The van der Waals surface area contributed by atoms with E-state index in [0.717, 1.165) is 10.8 Å². The van der Waals surface area contributed by atoms with Crippen LogP contribution in [0.15, 0.2) is 72.8 Å². The highest BCUT2D eigenvalue weighted by molar-refractivity contribution is 6.35. The zero-order valence-corrected chi connectivity index (χ0v) is 14.5. The minimum atomic E-state index is 0.885. The molecule has 0 aromatic heterocycles. The van der Waals surface area contributed by atoms with E-state index in [1.165, 1.54) is 43.1 Å². The second-order valence-electron chi connectivity index (χ2n) is 6.49. The Balaban J connectivity index is 1.88. The van der Waals surface area contributed by atoms with Gasteiger partial charge in [-0.25, -0.2) is 0 Å². The normalized spacial score (nSPS) is 11.4. The van der Waals surface area contributed by atoms with Gasteiger partial charge in [-0.3, -0.25) is 0 Å². The van der Waals surface area contributed by atoms with Gasteiger partial charge in [0, 0.05) is 5.56 Å². The molecular formula is C24H13Si. The summed E-state index contributed by atoms with van der Waals surface area (Å²) in [7, 11) is 3.62. The van der Waals surface area contributed by atoms with Crippen LogP contribution in [0, 0.1) is 12.3 Å². The summed E-state index contributed by atoms with van der Waals surface area (Å²) in [6, 6.07) is 26.2. The second-order valence-corrected chi connectivity index (χ2v) is 7.03. The van der Waals surface area contributed by atoms with Gasteiger partial charge in [-0.05, 0) is 85.6 Å². The maximum Gasteiger partial charge on any atom is 0.0729 e. The van der Waals surface area contributed by atoms with Crippen LogP contribution in [-0.4, -0.2) is 10.2 Å². The Kier molecular flexibility index (Phi) is 2.97. The lowest BCUT2D eigenvalue weighted by Crippen LogP contribution is -2.06. The minimum Gasteiger partial charge on any atom is -0.115 e. The minimum absolute atomic E-state index is 0.885. The van der Waals surface area contributed by atoms with Crippen molar-refractivity contribution in [3.8, 4) is 12.3 Å². The van der Waals surface area contributed by atoms with Crippen molar-refractivity contribution in [1.29, 1.82) is 0 Å². The molecule has 0 aliphatic heterocycles. The summed E-state index contributed by atoms with van der Waals surface area (Å²) in [5, 5.41) is 10.9. The van der Waals surface area contributed by atoms with E-state index in [1.54, 1.807) is 0 Å². The molecule has 0 atom stereocenters. The standard InChI is InChI=1S/C24H13Si/c1-2-15-7-18-10-21-11-19-8-16-5-3-4-6-17(16)9-20(19)12-22(21)13-23(18)14-24(15)25/h1,3-14H. The predicted octanol–water partition coefficient (Wildman–Crippen LogP) is 5.07. The van der Waals surface area contributed by atoms with Gasteiger partial charge in [-0.2, -0.15) is 0 Å². The summed E-state index contributed by atoms with van der Waals surface area (Å²) in [5.41, 5.74) is 0.885. The summed E-state index contributed by atoms with van der Waals surface area (Å²) in [6.45, 7) is 0. The summed E-state index contributed by atoms with van der Waals surface area (Å²) in [6.07, 6.45) is 5.60. The van der Waals surface area contributed by atoms with Crippen molar-refractivity contribution in [2.24, 2.45) is 0 Å². The fraction of sp³-hybridized carbons (Fsp3) is 0. The third-order valence-corrected chi connectivity index (χ3v) is 5.32. The lowest BCUT2D eigenvalue weighted by molar-refractivity contribution is 1.77. The van der Waals surface area contributed by atoms with Crippen LogP contribution >= 0.6 is 0 Å². The van der Waals surface area contributed by atoms with Gasteiger partial charge >= 0.3 is 0 Å². The molecule has 5 aromatic rings. The van der Waals surface area contributed by atoms with Crippen LogP contribution in [0.3, 0.4) is 0 Å². The number of terminal acetylenes is 1. The first kappa shape index (κ1) is 14.3. The van der Waals surface area contributed by atoms with Gasteiger partial charge in [0.1, 0.15) is 0 Å². The highest BCUT2D eigenvalue weighted by Crippen LogP contribution is 2.30. The fourth-order valence-corrected chi connectivity index (χ4v) is 3.91. The molecule has 3 radical (unpaired) electrons. The Hall–Kier alpha value is -3.08. The number of rotatable bonds is 0. The Morgan fingerprint density at radius 2 is 0.960 bits per heavy atom. The van der Waals surface area contributed by atoms with Gasteiger partial charge in [-0.1, -0.05) is 41.4 Å². The molecule has 0 saturated carbocycles. The molecule has 0 unspecified atom stereocenters. The first-order valence-corrected chi connectivity index (χ1v) is 8.73. The molecule has 0 aliphatic carbocycles. The lowest BCUT2D eigenvalue weighted by atomic mass is 9.97. The highest BCUT2D eigenvalue weighted by Gasteiger charge is 2.05. The molecule has 25 heavy (non-hydrogen) atoms. The molecule has 0 spiro atoms. The van der Waals surface area contributed by atoms with Crippen LogP contribution in [0.1, 0.15) is 5.56 Å². The van der Waals surface area contributed by atoms with Crippen molar-refractivity contribution in [3.05, 3.63) is 78.4 Å². The van der Waals surface area contributed by atoms with E-state index < -0.39 is 0 Å². The molecule has 0 amide bonds.